The van der Waals surface area contributed by atoms with Crippen molar-refractivity contribution in [2.24, 2.45) is 0 Å². The lowest BCUT2D eigenvalue weighted by atomic mass is 9.87. The first-order chi connectivity index (χ1) is 25.3. The van der Waals surface area contributed by atoms with Gasteiger partial charge < -0.3 is 19.2 Å². The monoisotopic (exact) mass is 729 g/mol. The second-order valence-electron chi connectivity index (χ2n) is 13.8. The number of benzene rings is 2. The average Bonchev–Trinajstić information content (AvgIpc) is 3.55. The first-order valence-corrected chi connectivity index (χ1v) is 20.4. The lowest BCUT2D eigenvalue weighted by Gasteiger charge is -2.23. The maximum Gasteiger partial charge on any atom is 0.340 e. The van der Waals surface area contributed by atoms with Gasteiger partial charge in [0.2, 0.25) is 0 Å². The van der Waals surface area contributed by atoms with E-state index >= 15 is 0 Å². The predicted molar refractivity (Wildman–Crippen MR) is 213 cm³/mol. The van der Waals surface area contributed by atoms with E-state index in [0.717, 1.165) is 41.4 Å². The summed E-state index contributed by atoms with van der Waals surface area (Å²) in [4.78, 5) is 40.6. The smallest absolute Gasteiger partial charge is 0.340 e. The number of hydrogen-bond acceptors (Lipinski definition) is 8. The molecule has 9 heteroatoms. The molecule has 2 heterocycles. The Morgan fingerprint density at radius 3 is 2.04 bits per heavy atom. The van der Waals surface area contributed by atoms with Gasteiger partial charge in [0, 0.05) is 16.9 Å². The first kappa shape index (κ1) is 40.9. The normalized spacial score (nSPS) is 11.4. The van der Waals surface area contributed by atoms with Crippen molar-refractivity contribution in [3.8, 4) is 16.9 Å². The number of rotatable bonds is 23. The van der Waals surface area contributed by atoms with Crippen LogP contribution in [0.3, 0.4) is 0 Å². The van der Waals surface area contributed by atoms with Crippen LogP contribution in [0.15, 0.2) is 47.6 Å². The number of aromatic nitrogens is 3. The summed E-state index contributed by atoms with van der Waals surface area (Å²) in [6, 6.07) is 13.8. The van der Waals surface area contributed by atoms with E-state index in [1.54, 1.807) is 13.8 Å². The molecule has 0 aliphatic carbocycles. The van der Waals surface area contributed by atoms with Crippen molar-refractivity contribution in [3.05, 3.63) is 70.5 Å². The van der Waals surface area contributed by atoms with E-state index in [2.05, 4.69) is 18.0 Å². The number of carbonyl (C=O) groups is 2. The second kappa shape index (κ2) is 21.6. The molecule has 0 aliphatic heterocycles. The van der Waals surface area contributed by atoms with Gasteiger partial charge in [0.05, 0.1) is 53.4 Å². The fourth-order valence-electron chi connectivity index (χ4n) is 6.78. The number of unbranched alkanes of at least 4 members (excludes halogenated alkanes) is 12. The summed E-state index contributed by atoms with van der Waals surface area (Å²) < 4.78 is 17.4. The van der Waals surface area contributed by atoms with Gasteiger partial charge in [0.15, 0.2) is 5.16 Å². The number of imidazole rings is 1. The third-order valence-corrected chi connectivity index (χ3v) is 10.2. The van der Waals surface area contributed by atoms with Crippen molar-refractivity contribution in [3.63, 3.8) is 0 Å². The number of thioether (sulfide) groups is 1. The van der Waals surface area contributed by atoms with E-state index in [9.17, 15) is 9.59 Å². The van der Waals surface area contributed by atoms with Crippen LogP contribution in [0.25, 0.3) is 22.2 Å². The number of esters is 2. The van der Waals surface area contributed by atoms with E-state index in [1.807, 2.05) is 50.2 Å². The van der Waals surface area contributed by atoms with Gasteiger partial charge in [-0.2, -0.15) is 0 Å². The molecule has 2 aromatic heterocycles. The van der Waals surface area contributed by atoms with Crippen molar-refractivity contribution in [1.29, 1.82) is 0 Å². The number of fused-ring (bicyclic) bond motifs is 1. The molecule has 0 atom stereocenters. The number of H-pyrrole nitrogens is 1. The van der Waals surface area contributed by atoms with E-state index in [4.69, 9.17) is 24.2 Å². The highest BCUT2D eigenvalue weighted by molar-refractivity contribution is 7.98. The molecule has 0 saturated carbocycles. The number of hydrogen-bond donors (Lipinski definition) is 1. The molecule has 0 unspecified atom stereocenters. The number of nitrogens with zero attached hydrogens (tertiary/aromatic N) is 2. The molecule has 4 rings (SSSR count). The van der Waals surface area contributed by atoms with Gasteiger partial charge in [-0.25, -0.2) is 14.6 Å². The summed E-state index contributed by atoms with van der Waals surface area (Å²) >= 11 is 1.45. The van der Waals surface area contributed by atoms with Crippen LogP contribution in [0.1, 0.15) is 149 Å². The van der Waals surface area contributed by atoms with Crippen molar-refractivity contribution in [2.45, 2.75) is 142 Å². The number of aromatic amines is 1. The van der Waals surface area contributed by atoms with Gasteiger partial charge in [0.25, 0.3) is 0 Å². The molecule has 0 aliphatic rings. The Balaban J connectivity index is 1.64. The Morgan fingerprint density at radius 2 is 1.42 bits per heavy atom. The van der Waals surface area contributed by atoms with Gasteiger partial charge in [-0.15, -0.1) is 0 Å². The molecule has 8 nitrogen and oxygen atoms in total. The summed E-state index contributed by atoms with van der Waals surface area (Å²) in [6.07, 6.45) is 17.3. The molecule has 0 bridgehead atoms. The van der Waals surface area contributed by atoms with Crippen LogP contribution in [-0.2, 0) is 21.6 Å². The Kier molecular flexibility index (Phi) is 17.0. The van der Waals surface area contributed by atoms with Gasteiger partial charge in [0.1, 0.15) is 5.75 Å². The number of carbonyl (C=O) groups excluding carboxylic acids is 2. The van der Waals surface area contributed by atoms with E-state index in [0.29, 0.717) is 33.6 Å². The number of ether oxygens (including phenoxy) is 3. The molecule has 0 fully saturated rings. The lowest BCUT2D eigenvalue weighted by molar-refractivity contribution is 0.0525. The zero-order valence-corrected chi connectivity index (χ0v) is 33.1. The Morgan fingerprint density at radius 1 is 0.769 bits per heavy atom. The number of pyridine rings is 1. The summed E-state index contributed by atoms with van der Waals surface area (Å²) in [6.45, 7) is 9.96. The van der Waals surface area contributed by atoms with Crippen molar-refractivity contribution in [1.82, 2.24) is 15.0 Å². The number of para-hydroxylation sites is 2. The number of nitrogens with one attached hydrogen (secondary N) is 1. The van der Waals surface area contributed by atoms with Crippen LogP contribution >= 0.6 is 11.8 Å². The third kappa shape index (κ3) is 11.6. The molecule has 1 N–H and O–H groups in total. The summed E-state index contributed by atoms with van der Waals surface area (Å²) in [5.41, 5.74) is 5.46. The fraction of sp³-hybridized carbons (Fsp3) is 0.535. The van der Waals surface area contributed by atoms with Gasteiger partial charge >= 0.3 is 11.9 Å². The number of aryl methyl sites for hydroxylation is 2. The molecule has 0 amide bonds. The van der Waals surface area contributed by atoms with Crippen LogP contribution < -0.4 is 4.74 Å². The van der Waals surface area contributed by atoms with Crippen LogP contribution in [0, 0.1) is 6.92 Å². The van der Waals surface area contributed by atoms with E-state index in [1.165, 1.54) is 89.5 Å². The number of methoxy groups -OCH3 is 1. The maximum absolute atomic E-state index is 14.0. The highest BCUT2D eigenvalue weighted by Gasteiger charge is 2.32. The molecule has 0 saturated heterocycles. The Labute approximate surface area is 315 Å². The van der Waals surface area contributed by atoms with Gasteiger partial charge in [-0.1, -0.05) is 120 Å². The quantitative estimate of drug-likeness (QED) is 0.0457. The molecular weight excluding hydrogens is 671 g/mol. The second-order valence-corrected chi connectivity index (χ2v) is 14.7. The first-order valence-electron chi connectivity index (χ1n) is 19.4. The van der Waals surface area contributed by atoms with Crippen LogP contribution in [-0.4, -0.2) is 46.7 Å². The predicted octanol–water partition coefficient (Wildman–Crippen LogP) is 11.6. The summed E-state index contributed by atoms with van der Waals surface area (Å²) in [5.74, 6) is -0.167. The van der Waals surface area contributed by atoms with Crippen molar-refractivity contribution < 1.29 is 23.8 Å². The molecule has 4 aromatic rings. The minimum absolute atomic E-state index is 0.135. The molecule has 282 valence electrons. The Bertz CT molecular complexity index is 1700. The van der Waals surface area contributed by atoms with E-state index in [-0.39, 0.29) is 23.8 Å². The fourth-order valence-corrected chi connectivity index (χ4v) is 7.61. The zero-order valence-electron chi connectivity index (χ0n) is 32.3. The standard InChI is InChI=1S/C43H59N3O5S/c1-7-9-10-11-12-13-14-15-16-17-18-19-20-24-32-25-23-28-36(51-30(3)4)38(32)40-37(41(47)49-6)31(5)44-35(39(40)42(48)50-8-2)29-52-43-45-33-26-21-22-27-34(33)46-43/h21-23,25-28,30H,7-20,24,29H2,1-6H3,(H,45,46). The zero-order chi connectivity index (χ0) is 37.3. The highest BCUT2D eigenvalue weighted by atomic mass is 32.2. The van der Waals surface area contributed by atoms with Crippen molar-refractivity contribution in [2.75, 3.05) is 13.7 Å². The SMILES string of the molecule is CCCCCCCCCCCCCCCc1cccc(OC(C)C)c1-c1c(C(=O)OC)c(C)nc(CSc2nc3ccccc3[nH]2)c1C(=O)OCC. The molecular formula is C43H59N3O5S. The topological polar surface area (TPSA) is 103 Å². The van der Waals surface area contributed by atoms with E-state index < -0.39 is 11.9 Å². The molecule has 2 aromatic carbocycles. The largest absolute Gasteiger partial charge is 0.490 e. The maximum atomic E-state index is 14.0. The summed E-state index contributed by atoms with van der Waals surface area (Å²) in [5, 5.41) is 0.709. The van der Waals surface area contributed by atoms with Crippen LogP contribution in [0.2, 0.25) is 0 Å². The highest BCUT2D eigenvalue weighted by Crippen LogP contribution is 2.42. The van der Waals surface area contributed by atoms with Crippen LogP contribution in [0.5, 0.6) is 5.75 Å². The third-order valence-electron chi connectivity index (χ3n) is 9.31. The molecule has 0 radical (unpaired) electrons. The summed E-state index contributed by atoms with van der Waals surface area (Å²) in [7, 11) is 1.35. The van der Waals surface area contributed by atoms with Gasteiger partial charge in [-0.3, -0.25) is 4.98 Å². The van der Waals surface area contributed by atoms with Crippen LogP contribution in [0.4, 0.5) is 0 Å². The minimum Gasteiger partial charge on any atom is -0.490 e. The molecule has 52 heavy (non-hydrogen) atoms. The minimum atomic E-state index is -0.562. The molecule has 0 spiro atoms. The Hall–Kier alpha value is -3.85. The average molecular weight is 730 g/mol. The lowest BCUT2D eigenvalue weighted by Crippen LogP contribution is -2.19. The van der Waals surface area contributed by atoms with Gasteiger partial charge in [-0.05, 0) is 64.3 Å². The van der Waals surface area contributed by atoms with Crippen molar-refractivity contribution >= 4 is 34.7 Å².